The van der Waals surface area contributed by atoms with Gasteiger partial charge >= 0.3 is 0 Å². The van der Waals surface area contributed by atoms with Crippen molar-refractivity contribution in [2.45, 2.75) is 32.8 Å². The lowest BCUT2D eigenvalue weighted by molar-refractivity contribution is -0.117. The summed E-state index contributed by atoms with van der Waals surface area (Å²) in [6.07, 6.45) is 3.79. The molecule has 0 bridgehead atoms. The molecule has 0 aliphatic rings. The van der Waals surface area contributed by atoms with E-state index in [9.17, 15) is 9.90 Å². The van der Waals surface area contributed by atoms with Gasteiger partial charge in [0.1, 0.15) is 0 Å². The van der Waals surface area contributed by atoms with Crippen molar-refractivity contribution in [3.63, 3.8) is 0 Å². The van der Waals surface area contributed by atoms with Crippen molar-refractivity contribution < 1.29 is 9.90 Å². The van der Waals surface area contributed by atoms with Crippen LogP contribution >= 0.6 is 0 Å². The van der Waals surface area contributed by atoms with E-state index in [4.69, 9.17) is 5.73 Å². The van der Waals surface area contributed by atoms with E-state index < -0.39 is 5.60 Å². The number of nitrogen functional groups attached to an aromatic ring is 1. The highest BCUT2D eigenvalue weighted by atomic mass is 16.3. The first kappa shape index (κ1) is 16.2. The fourth-order valence-corrected chi connectivity index (χ4v) is 2.12. The standard InChI is InChI=1S/C16H24N2O2/c1-12(2)10-16(3,20)11-18-15(19)8-7-13-5-4-6-14(17)9-13/h4-9,12,20H,10-11,17H2,1-3H3,(H,18,19)/b8-7+. The number of benzene rings is 1. The molecule has 1 aromatic carbocycles. The first-order chi connectivity index (χ1) is 9.28. The number of amides is 1. The van der Waals surface area contributed by atoms with Crippen LogP contribution < -0.4 is 11.1 Å². The van der Waals surface area contributed by atoms with Gasteiger partial charge in [0.2, 0.25) is 5.91 Å². The van der Waals surface area contributed by atoms with E-state index in [1.54, 1.807) is 25.1 Å². The number of rotatable bonds is 6. The van der Waals surface area contributed by atoms with Crippen LogP contribution in [-0.4, -0.2) is 23.2 Å². The van der Waals surface area contributed by atoms with E-state index in [1.807, 2.05) is 26.0 Å². The average molecular weight is 276 g/mol. The number of nitrogens with one attached hydrogen (secondary N) is 1. The molecule has 110 valence electrons. The topological polar surface area (TPSA) is 75.3 Å². The second-order valence-corrected chi connectivity index (χ2v) is 5.82. The van der Waals surface area contributed by atoms with E-state index >= 15 is 0 Å². The zero-order valence-corrected chi connectivity index (χ0v) is 12.4. The molecular formula is C16H24N2O2. The number of carbonyl (C=O) groups excluding carboxylic acids is 1. The molecule has 4 nitrogen and oxygen atoms in total. The summed E-state index contributed by atoms with van der Waals surface area (Å²) in [7, 11) is 0. The molecule has 1 amide bonds. The van der Waals surface area contributed by atoms with Crippen molar-refractivity contribution in [3.05, 3.63) is 35.9 Å². The van der Waals surface area contributed by atoms with Crippen molar-refractivity contribution in [1.29, 1.82) is 0 Å². The third-order valence-electron chi connectivity index (χ3n) is 2.83. The molecule has 0 saturated carbocycles. The van der Waals surface area contributed by atoms with Crippen LogP contribution in [0, 0.1) is 5.92 Å². The van der Waals surface area contributed by atoms with Crippen LogP contribution in [0.3, 0.4) is 0 Å². The van der Waals surface area contributed by atoms with Crippen LogP contribution in [-0.2, 0) is 4.79 Å². The van der Waals surface area contributed by atoms with E-state index in [0.29, 0.717) is 18.0 Å². The Kier molecular flexibility index (Phi) is 5.77. The van der Waals surface area contributed by atoms with Crippen molar-refractivity contribution in [2.24, 2.45) is 5.92 Å². The van der Waals surface area contributed by atoms with Gasteiger partial charge in [0.25, 0.3) is 0 Å². The number of aliphatic hydroxyl groups is 1. The minimum absolute atomic E-state index is 0.226. The first-order valence-corrected chi connectivity index (χ1v) is 6.82. The highest BCUT2D eigenvalue weighted by Crippen LogP contribution is 2.15. The smallest absolute Gasteiger partial charge is 0.244 e. The van der Waals surface area contributed by atoms with E-state index in [-0.39, 0.29) is 12.5 Å². The van der Waals surface area contributed by atoms with Crippen LogP contribution in [0.4, 0.5) is 5.69 Å². The first-order valence-electron chi connectivity index (χ1n) is 6.82. The lowest BCUT2D eigenvalue weighted by Gasteiger charge is -2.25. The Bertz CT molecular complexity index is 479. The number of nitrogens with two attached hydrogens (primary N) is 1. The molecule has 0 saturated heterocycles. The molecule has 0 aliphatic heterocycles. The van der Waals surface area contributed by atoms with Gasteiger partial charge in [0.05, 0.1) is 5.60 Å². The second-order valence-electron chi connectivity index (χ2n) is 5.82. The van der Waals surface area contributed by atoms with Crippen molar-refractivity contribution in [1.82, 2.24) is 5.32 Å². The molecule has 4 N–H and O–H groups in total. The second kappa shape index (κ2) is 7.10. The van der Waals surface area contributed by atoms with Gasteiger partial charge in [-0.3, -0.25) is 4.79 Å². The van der Waals surface area contributed by atoms with Gasteiger partial charge in [-0.2, -0.15) is 0 Å². The van der Waals surface area contributed by atoms with Crippen LogP contribution in [0.1, 0.15) is 32.8 Å². The van der Waals surface area contributed by atoms with Crippen LogP contribution in [0.5, 0.6) is 0 Å². The largest absolute Gasteiger partial charge is 0.399 e. The maximum Gasteiger partial charge on any atom is 0.244 e. The van der Waals surface area contributed by atoms with E-state index in [1.165, 1.54) is 6.08 Å². The van der Waals surface area contributed by atoms with Crippen LogP contribution in [0.25, 0.3) is 6.08 Å². The Morgan fingerprint density at radius 3 is 2.80 bits per heavy atom. The van der Waals surface area contributed by atoms with Crippen molar-refractivity contribution in [2.75, 3.05) is 12.3 Å². The quantitative estimate of drug-likeness (QED) is 0.551. The van der Waals surface area contributed by atoms with Crippen LogP contribution in [0.15, 0.2) is 30.3 Å². The lowest BCUT2D eigenvalue weighted by atomic mass is 9.94. The van der Waals surface area contributed by atoms with Gasteiger partial charge in [-0.1, -0.05) is 26.0 Å². The summed E-state index contributed by atoms with van der Waals surface area (Å²) in [4.78, 5) is 11.7. The SMILES string of the molecule is CC(C)CC(C)(O)CNC(=O)/C=C/c1cccc(N)c1. The number of carbonyl (C=O) groups is 1. The van der Waals surface area contributed by atoms with Gasteiger partial charge in [-0.15, -0.1) is 0 Å². The van der Waals surface area contributed by atoms with Crippen LogP contribution in [0.2, 0.25) is 0 Å². The predicted octanol–water partition coefficient (Wildman–Crippen LogP) is 2.20. The summed E-state index contributed by atoms with van der Waals surface area (Å²) in [5, 5.41) is 12.8. The summed E-state index contributed by atoms with van der Waals surface area (Å²) in [6, 6.07) is 7.29. The molecule has 0 heterocycles. The molecule has 1 unspecified atom stereocenters. The van der Waals surface area contributed by atoms with Gasteiger partial charge in [0.15, 0.2) is 0 Å². The third kappa shape index (κ3) is 6.38. The number of anilines is 1. The minimum Gasteiger partial charge on any atom is -0.399 e. The molecule has 0 radical (unpaired) electrons. The molecule has 1 atom stereocenters. The predicted molar refractivity (Wildman–Crippen MR) is 83.0 cm³/mol. The molecule has 0 spiro atoms. The van der Waals surface area contributed by atoms with Crippen molar-refractivity contribution >= 4 is 17.7 Å². The Morgan fingerprint density at radius 1 is 1.50 bits per heavy atom. The van der Waals surface area contributed by atoms with Gasteiger partial charge in [-0.05, 0) is 43.0 Å². The Balaban J connectivity index is 2.48. The molecule has 20 heavy (non-hydrogen) atoms. The fraction of sp³-hybridized carbons (Fsp3) is 0.438. The summed E-state index contributed by atoms with van der Waals surface area (Å²) in [5.74, 6) is 0.154. The van der Waals surface area contributed by atoms with Crippen molar-refractivity contribution in [3.8, 4) is 0 Å². The van der Waals surface area contributed by atoms with Gasteiger partial charge in [-0.25, -0.2) is 0 Å². The average Bonchev–Trinajstić information content (AvgIpc) is 2.32. The highest BCUT2D eigenvalue weighted by Gasteiger charge is 2.21. The zero-order valence-electron chi connectivity index (χ0n) is 12.4. The lowest BCUT2D eigenvalue weighted by Crippen LogP contribution is -2.40. The Morgan fingerprint density at radius 2 is 2.20 bits per heavy atom. The molecule has 0 aromatic heterocycles. The van der Waals surface area contributed by atoms with Gasteiger partial charge in [0, 0.05) is 18.3 Å². The normalized spacial score (nSPS) is 14.4. The summed E-state index contributed by atoms with van der Waals surface area (Å²) >= 11 is 0. The molecule has 0 fully saturated rings. The minimum atomic E-state index is -0.880. The van der Waals surface area contributed by atoms with Gasteiger partial charge < -0.3 is 16.2 Å². The Hall–Kier alpha value is -1.81. The van der Waals surface area contributed by atoms with E-state index in [2.05, 4.69) is 5.32 Å². The van der Waals surface area contributed by atoms with E-state index in [0.717, 1.165) is 5.56 Å². The molecule has 0 aliphatic carbocycles. The summed E-state index contributed by atoms with van der Waals surface area (Å²) in [5.41, 5.74) is 6.31. The maximum absolute atomic E-state index is 11.7. The molecule has 4 heteroatoms. The third-order valence-corrected chi connectivity index (χ3v) is 2.83. The number of hydrogen-bond acceptors (Lipinski definition) is 3. The zero-order chi connectivity index (χ0) is 15.2. The molecule has 1 aromatic rings. The fourth-order valence-electron chi connectivity index (χ4n) is 2.12. The highest BCUT2D eigenvalue weighted by molar-refractivity contribution is 5.91. The summed E-state index contributed by atoms with van der Waals surface area (Å²) in [6.45, 7) is 6.05. The molecular weight excluding hydrogens is 252 g/mol. The summed E-state index contributed by atoms with van der Waals surface area (Å²) < 4.78 is 0. The molecule has 1 rings (SSSR count). The maximum atomic E-state index is 11.7. The Labute approximate surface area is 120 Å². The monoisotopic (exact) mass is 276 g/mol. The number of hydrogen-bond donors (Lipinski definition) is 3.